The molecule has 0 amide bonds. The standard InChI is InChI=1S/2C18H32O2.C6H15NO3/c2*1-2-3-4-5-6-7-8-9-10-11-12-13-14-15-16-17-18(19)20;8-4-1-7(2-5-9)3-6-10/h2*6-7,9-10H,2-5,8,11-17H2,1H3,(H,19,20);8-10H,1-6H2/b2*7-6-,10-9-;. The lowest BCUT2D eigenvalue weighted by atomic mass is 10.1. The number of aliphatic hydroxyl groups is 3. The van der Waals surface area contributed by atoms with E-state index in [9.17, 15) is 9.59 Å². The SMILES string of the molecule is CCCCC/C=C\C/C=C\CCCCCCCC(=O)O.CCCCC/C=C\C/C=C\CCCCCCCC(=O)O.OCCN(CCO)CCO. The molecule has 0 heterocycles. The van der Waals surface area contributed by atoms with Crippen LogP contribution >= 0.6 is 0 Å². The molecule has 0 unspecified atom stereocenters. The molecule has 0 saturated carbocycles. The zero-order chi connectivity index (χ0) is 37.6. The van der Waals surface area contributed by atoms with Gasteiger partial charge in [0.05, 0.1) is 19.8 Å². The van der Waals surface area contributed by atoms with E-state index in [1.165, 1.54) is 89.9 Å². The molecule has 0 spiro atoms. The zero-order valence-electron chi connectivity index (χ0n) is 32.3. The summed E-state index contributed by atoms with van der Waals surface area (Å²) in [4.78, 5) is 22.4. The van der Waals surface area contributed by atoms with E-state index in [2.05, 4.69) is 62.5 Å². The molecule has 5 N–H and O–H groups in total. The summed E-state index contributed by atoms with van der Waals surface area (Å²) in [5.74, 6) is -1.34. The van der Waals surface area contributed by atoms with Gasteiger partial charge in [0.25, 0.3) is 0 Å². The Balaban J connectivity index is -0.000000701. The highest BCUT2D eigenvalue weighted by molar-refractivity contribution is 5.66. The Bertz CT molecular complexity index is 725. The van der Waals surface area contributed by atoms with Gasteiger partial charge >= 0.3 is 11.9 Å². The molecule has 8 nitrogen and oxygen atoms in total. The quantitative estimate of drug-likeness (QED) is 0.0329. The third kappa shape index (κ3) is 55.2. The normalized spacial score (nSPS) is 11.5. The van der Waals surface area contributed by atoms with Crippen LogP contribution in [0.1, 0.15) is 168 Å². The van der Waals surface area contributed by atoms with Crippen LogP contribution in [0.4, 0.5) is 0 Å². The van der Waals surface area contributed by atoms with Gasteiger partial charge in [-0.15, -0.1) is 0 Å². The molecular weight excluding hydrogens is 630 g/mol. The van der Waals surface area contributed by atoms with Crippen molar-refractivity contribution < 1.29 is 35.1 Å². The molecule has 0 fully saturated rings. The van der Waals surface area contributed by atoms with Crippen LogP contribution in [-0.4, -0.2) is 81.8 Å². The fraction of sp³-hybridized carbons (Fsp3) is 0.762. The lowest BCUT2D eigenvalue weighted by Gasteiger charge is -2.17. The molecule has 0 aromatic heterocycles. The van der Waals surface area contributed by atoms with Gasteiger partial charge < -0.3 is 25.5 Å². The summed E-state index contributed by atoms with van der Waals surface area (Å²) in [7, 11) is 0. The van der Waals surface area contributed by atoms with Crippen LogP contribution in [0.2, 0.25) is 0 Å². The van der Waals surface area contributed by atoms with Crippen molar-refractivity contribution in [2.75, 3.05) is 39.5 Å². The topological polar surface area (TPSA) is 139 Å². The highest BCUT2D eigenvalue weighted by Crippen LogP contribution is 2.09. The number of carboxylic acid groups (broad SMARTS) is 2. The Morgan fingerprint density at radius 3 is 0.980 bits per heavy atom. The maximum atomic E-state index is 10.3. The number of aliphatic hydroxyl groups excluding tert-OH is 3. The predicted molar refractivity (Wildman–Crippen MR) is 212 cm³/mol. The van der Waals surface area contributed by atoms with E-state index in [4.69, 9.17) is 25.5 Å². The largest absolute Gasteiger partial charge is 0.481 e. The lowest BCUT2D eigenvalue weighted by Crippen LogP contribution is -2.32. The molecule has 0 bridgehead atoms. The summed E-state index contributed by atoms with van der Waals surface area (Å²) in [5.41, 5.74) is 0. The van der Waals surface area contributed by atoms with E-state index >= 15 is 0 Å². The number of carbonyl (C=O) groups is 2. The summed E-state index contributed by atoms with van der Waals surface area (Å²) in [6, 6.07) is 0. The number of allylic oxidation sites excluding steroid dienone is 8. The van der Waals surface area contributed by atoms with Crippen LogP contribution in [0.15, 0.2) is 48.6 Å². The van der Waals surface area contributed by atoms with Crippen molar-refractivity contribution in [3.63, 3.8) is 0 Å². The maximum absolute atomic E-state index is 10.3. The fourth-order valence-corrected chi connectivity index (χ4v) is 4.93. The molecule has 0 aliphatic heterocycles. The number of unbranched alkanes of at least 4 members (excludes halogenated alkanes) is 16. The summed E-state index contributed by atoms with van der Waals surface area (Å²) in [5, 5.41) is 42.5. The van der Waals surface area contributed by atoms with Gasteiger partial charge in [-0.1, -0.05) is 127 Å². The van der Waals surface area contributed by atoms with E-state index < -0.39 is 11.9 Å². The van der Waals surface area contributed by atoms with Gasteiger partial charge in [0.1, 0.15) is 0 Å². The maximum Gasteiger partial charge on any atom is 0.303 e. The minimum Gasteiger partial charge on any atom is -0.481 e. The first-order valence-corrected chi connectivity index (χ1v) is 20.0. The molecule has 0 atom stereocenters. The molecule has 50 heavy (non-hydrogen) atoms. The second-order valence-electron chi connectivity index (χ2n) is 12.8. The van der Waals surface area contributed by atoms with Gasteiger partial charge in [-0.25, -0.2) is 0 Å². The first kappa shape index (κ1) is 52.1. The van der Waals surface area contributed by atoms with Gasteiger partial charge in [0, 0.05) is 32.5 Å². The second kappa shape index (κ2) is 48.9. The molecule has 0 aliphatic carbocycles. The van der Waals surface area contributed by atoms with Crippen molar-refractivity contribution in [3.8, 4) is 0 Å². The Morgan fingerprint density at radius 2 is 0.700 bits per heavy atom. The number of rotatable bonds is 34. The number of aliphatic carboxylic acids is 2. The van der Waals surface area contributed by atoms with Crippen molar-refractivity contribution in [1.29, 1.82) is 0 Å². The highest BCUT2D eigenvalue weighted by Gasteiger charge is 2.00. The summed E-state index contributed by atoms with van der Waals surface area (Å²) in [6.07, 6.45) is 44.6. The van der Waals surface area contributed by atoms with Gasteiger partial charge in [0.15, 0.2) is 0 Å². The molecule has 0 aliphatic rings. The second-order valence-corrected chi connectivity index (χ2v) is 12.8. The smallest absolute Gasteiger partial charge is 0.303 e. The van der Waals surface area contributed by atoms with Crippen LogP contribution in [0.25, 0.3) is 0 Å². The van der Waals surface area contributed by atoms with Gasteiger partial charge in [-0.2, -0.15) is 0 Å². The van der Waals surface area contributed by atoms with Crippen LogP contribution in [0, 0.1) is 0 Å². The number of carboxylic acids is 2. The number of nitrogens with zero attached hydrogens (tertiary/aromatic N) is 1. The minimum absolute atomic E-state index is 0.0694. The van der Waals surface area contributed by atoms with Crippen molar-refractivity contribution in [1.82, 2.24) is 4.90 Å². The Kier molecular flexibility index (Phi) is 50.9. The van der Waals surface area contributed by atoms with E-state index in [0.717, 1.165) is 51.4 Å². The van der Waals surface area contributed by atoms with E-state index in [0.29, 0.717) is 32.5 Å². The van der Waals surface area contributed by atoms with E-state index in [1.54, 1.807) is 4.90 Å². The predicted octanol–water partition coefficient (Wildman–Crippen LogP) is 10.0. The van der Waals surface area contributed by atoms with Gasteiger partial charge in [-0.3, -0.25) is 14.5 Å². The molecule has 0 rings (SSSR count). The van der Waals surface area contributed by atoms with Crippen LogP contribution in [-0.2, 0) is 9.59 Å². The molecular formula is C42H79NO7. The number of hydrogen-bond acceptors (Lipinski definition) is 6. The fourth-order valence-electron chi connectivity index (χ4n) is 4.93. The van der Waals surface area contributed by atoms with Crippen LogP contribution < -0.4 is 0 Å². The van der Waals surface area contributed by atoms with Crippen LogP contribution in [0.5, 0.6) is 0 Å². The molecule has 0 aromatic carbocycles. The van der Waals surface area contributed by atoms with Gasteiger partial charge in [0.2, 0.25) is 0 Å². The van der Waals surface area contributed by atoms with E-state index in [1.807, 2.05) is 0 Å². The van der Waals surface area contributed by atoms with Crippen molar-refractivity contribution in [2.45, 2.75) is 168 Å². The van der Waals surface area contributed by atoms with E-state index in [-0.39, 0.29) is 19.8 Å². The third-order valence-electron chi connectivity index (χ3n) is 7.93. The Hall–Kier alpha value is -2.26. The summed E-state index contributed by atoms with van der Waals surface area (Å²) < 4.78 is 0. The average molecular weight is 710 g/mol. The molecule has 294 valence electrons. The minimum atomic E-state index is -0.671. The van der Waals surface area contributed by atoms with Crippen LogP contribution in [0.3, 0.4) is 0 Å². The lowest BCUT2D eigenvalue weighted by molar-refractivity contribution is -0.138. The molecule has 0 saturated heterocycles. The Morgan fingerprint density at radius 1 is 0.420 bits per heavy atom. The average Bonchev–Trinajstić information content (AvgIpc) is 3.09. The zero-order valence-corrected chi connectivity index (χ0v) is 32.3. The molecule has 0 radical (unpaired) electrons. The van der Waals surface area contributed by atoms with Crippen molar-refractivity contribution >= 4 is 11.9 Å². The van der Waals surface area contributed by atoms with Gasteiger partial charge in [-0.05, 0) is 77.0 Å². The van der Waals surface area contributed by atoms with Crippen molar-refractivity contribution in [2.24, 2.45) is 0 Å². The third-order valence-corrected chi connectivity index (χ3v) is 7.93. The monoisotopic (exact) mass is 710 g/mol. The summed E-state index contributed by atoms with van der Waals surface area (Å²) in [6.45, 7) is 6.22. The summed E-state index contributed by atoms with van der Waals surface area (Å²) >= 11 is 0. The number of hydrogen-bond donors (Lipinski definition) is 5. The first-order chi connectivity index (χ1) is 24.4. The molecule has 8 heteroatoms. The first-order valence-electron chi connectivity index (χ1n) is 20.0. The highest BCUT2D eigenvalue weighted by atomic mass is 16.4. The molecule has 0 aromatic rings. The Labute approximate surface area is 307 Å². The van der Waals surface area contributed by atoms with Crippen molar-refractivity contribution in [3.05, 3.63) is 48.6 Å².